The standard InChI is InChI=1S/C16H23N7O.HI/c1-3-17-16(19-12-15-20-13(2)21-24-15)23-10-8-22(9-11-23)14-6-4-5-7-18-14;/h4-7H,3,8-12H2,1-2H3,(H,17,19);1H. The molecule has 0 unspecified atom stereocenters. The first-order valence-corrected chi connectivity index (χ1v) is 8.24. The lowest BCUT2D eigenvalue weighted by molar-refractivity contribution is 0.362. The predicted octanol–water partition coefficient (Wildman–Crippen LogP) is 1.68. The summed E-state index contributed by atoms with van der Waals surface area (Å²) in [6, 6.07) is 6.01. The van der Waals surface area contributed by atoms with Crippen LogP contribution in [-0.4, -0.2) is 58.7 Å². The Morgan fingerprint density at radius 2 is 2.08 bits per heavy atom. The van der Waals surface area contributed by atoms with E-state index >= 15 is 0 Å². The van der Waals surface area contributed by atoms with E-state index in [4.69, 9.17) is 4.52 Å². The van der Waals surface area contributed by atoms with E-state index in [0.717, 1.165) is 44.5 Å². The third-order valence-electron chi connectivity index (χ3n) is 3.82. The molecule has 136 valence electrons. The molecule has 0 aromatic carbocycles. The van der Waals surface area contributed by atoms with E-state index in [1.54, 1.807) is 6.92 Å². The molecule has 1 aliphatic heterocycles. The fourth-order valence-corrected chi connectivity index (χ4v) is 2.66. The number of halogens is 1. The van der Waals surface area contributed by atoms with Gasteiger partial charge in [-0.1, -0.05) is 11.2 Å². The van der Waals surface area contributed by atoms with Crippen LogP contribution < -0.4 is 10.2 Å². The highest BCUT2D eigenvalue weighted by Crippen LogP contribution is 2.12. The summed E-state index contributed by atoms with van der Waals surface area (Å²) >= 11 is 0. The van der Waals surface area contributed by atoms with Gasteiger partial charge in [-0.2, -0.15) is 4.98 Å². The van der Waals surface area contributed by atoms with Crippen LogP contribution in [-0.2, 0) is 6.54 Å². The third kappa shape index (κ3) is 5.28. The van der Waals surface area contributed by atoms with Crippen molar-refractivity contribution in [1.29, 1.82) is 0 Å². The maximum atomic E-state index is 5.12. The zero-order chi connectivity index (χ0) is 16.8. The highest BCUT2D eigenvalue weighted by atomic mass is 127. The van der Waals surface area contributed by atoms with E-state index in [2.05, 4.69) is 42.2 Å². The Morgan fingerprint density at radius 3 is 2.68 bits per heavy atom. The molecule has 0 spiro atoms. The monoisotopic (exact) mass is 457 g/mol. The summed E-state index contributed by atoms with van der Waals surface area (Å²) in [5, 5.41) is 7.13. The molecule has 1 N–H and O–H groups in total. The minimum absolute atomic E-state index is 0. The SMILES string of the molecule is CCNC(=NCc1nc(C)no1)N1CCN(c2ccccn2)CC1.I. The van der Waals surface area contributed by atoms with Gasteiger partial charge in [0.2, 0.25) is 5.89 Å². The first-order chi connectivity index (χ1) is 11.8. The van der Waals surface area contributed by atoms with Crippen LogP contribution in [0.3, 0.4) is 0 Å². The van der Waals surface area contributed by atoms with Gasteiger partial charge in [-0.15, -0.1) is 24.0 Å². The van der Waals surface area contributed by atoms with Crippen molar-refractivity contribution in [2.24, 2.45) is 4.99 Å². The van der Waals surface area contributed by atoms with Crippen LogP contribution in [0.2, 0.25) is 0 Å². The fraction of sp³-hybridized carbons (Fsp3) is 0.500. The Kier molecular flexibility index (Phi) is 7.41. The number of aryl methyl sites for hydroxylation is 1. The molecular weight excluding hydrogens is 433 g/mol. The van der Waals surface area contributed by atoms with Crippen molar-refractivity contribution in [3.63, 3.8) is 0 Å². The van der Waals surface area contributed by atoms with E-state index < -0.39 is 0 Å². The summed E-state index contributed by atoms with van der Waals surface area (Å²) in [5.41, 5.74) is 0. The maximum absolute atomic E-state index is 5.12. The van der Waals surface area contributed by atoms with Crippen molar-refractivity contribution >= 4 is 35.8 Å². The number of hydrogen-bond acceptors (Lipinski definition) is 6. The highest BCUT2D eigenvalue weighted by Gasteiger charge is 2.20. The molecular formula is C16H24IN7O. The van der Waals surface area contributed by atoms with Gasteiger partial charge in [-0.3, -0.25) is 0 Å². The topological polar surface area (TPSA) is 82.7 Å². The van der Waals surface area contributed by atoms with Crippen molar-refractivity contribution in [2.45, 2.75) is 20.4 Å². The molecule has 25 heavy (non-hydrogen) atoms. The molecule has 0 amide bonds. The number of aliphatic imine (C=N–C) groups is 1. The van der Waals surface area contributed by atoms with Crippen LogP contribution in [0.1, 0.15) is 18.6 Å². The molecule has 2 aromatic heterocycles. The molecule has 1 aliphatic rings. The quantitative estimate of drug-likeness (QED) is 0.425. The summed E-state index contributed by atoms with van der Waals surface area (Å²) in [6.07, 6.45) is 1.83. The minimum atomic E-state index is 0. The molecule has 1 fully saturated rings. The average Bonchev–Trinajstić information content (AvgIpc) is 3.05. The lowest BCUT2D eigenvalue weighted by Crippen LogP contribution is -2.52. The number of nitrogens with zero attached hydrogens (tertiary/aromatic N) is 6. The summed E-state index contributed by atoms with van der Waals surface area (Å²) in [5.74, 6) is 3.08. The van der Waals surface area contributed by atoms with Crippen LogP contribution in [0.5, 0.6) is 0 Å². The second kappa shape index (κ2) is 9.54. The summed E-state index contributed by atoms with van der Waals surface area (Å²) in [6.45, 7) is 8.71. The van der Waals surface area contributed by atoms with Crippen molar-refractivity contribution in [2.75, 3.05) is 37.6 Å². The number of hydrogen-bond donors (Lipinski definition) is 1. The molecule has 1 saturated heterocycles. The fourth-order valence-electron chi connectivity index (χ4n) is 2.66. The normalized spacial score (nSPS) is 15.0. The second-order valence-electron chi connectivity index (χ2n) is 5.57. The largest absolute Gasteiger partial charge is 0.357 e. The third-order valence-corrected chi connectivity index (χ3v) is 3.82. The smallest absolute Gasteiger partial charge is 0.248 e. The Hall–Kier alpha value is -1.91. The first kappa shape index (κ1) is 19.4. The van der Waals surface area contributed by atoms with Crippen molar-refractivity contribution in [3.05, 3.63) is 36.1 Å². The number of guanidine groups is 1. The molecule has 9 heteroatoms. The van der Waals surface area contributed by atoms with Crippen LogP contribution >= 0.6 is 24.0 Å². The molecule has 0 saturated carbocycles. The lowest BCUT2D eigenvalue weighted by Gasteiger charge is -2.37. The number of nitrogens with one attached hydrogen (secondary N) is 1. The van der Waals surface area contributed by atoms with Gasteiger partial charge in [0.1, 0.15) is 12.4 Å². The van der Waals surface area contributed by atoms with Gasteiger partial charge in [0.05, 0.1) is 0 Å². The van der Waals surface area contributed by atoms with E-state index in [0.29, 0.717) is 18.3 Å². The molecule has 0 bridgehead atoms. The Morgan fingerprint density at radius 1 is 1.28 bits per heavy atom. The maximum Gasteiger partial charge on any atom is 0.248 e. The van der Waals surface area contributed by atoms with Crippen LogP contribution in [0, 0.1) is 6.92 Å². The number of anilines is 1. The van der Waals surface area contributed by atoms with Gasteiger partial charge >= 0.3 is 0 Å². The molecule has 0 aliphatic carbocycles. The van der Waals surface area contributed by atoms with E-state index in [-0.39, 0.29) is 24.0 Å². The predicted molar refractivity (Wildman–Crippen MR) is 107 cm³/mol. The number of aromatic nitrogens is 3. The summed E-state index contributed by atoms with van der Waals surface area (Å²) < 4.78 is 5.12. The van der Waals surface area contributed by atoms with Crippen LogP contribution in [0.25, 0.3) is 0 Å². The molecule has 2 aromatic rings. The van der Waals surface area contributed by atoms with Gasteiger partial charge in [0.15, 0.2) is 11.8 Å². The van der Waals surface area contributed by atoms with Crippen LogP contribution in [0.15, 0.2) is 33.9 Å². The Labute approximate surface area is 164 Å². The molecule has 3 heterocycles. The average molecular weight is 457 g/mol. The Bertz CT molecular complexity index is 668. The lowest BCUT2D eigenvalue weighted by atomic mass is 10.3. The zero-order valence-corrected chi connectivity index (χ0v) is 16.9. The number of rotatable bonds is 4. The molecule has 3 rings (SSSR count). The Balaban J connectivity index is 0.00000225. The van der Waals surface area contributed by atoms with Gasteiger partial charge in [-0.25, -0.2) is 9.98 Å². The van der Waals surface area contributed by atoms with Gasteiger partial charge in [0.25, 0.3) is 0 Å². The van der Waals surface area contributed by atoms with Gasteiger partial charge in [-0.05, 0) is 26.0 Å². The molecule has 8 nitrogen and oxygen atoms in total. The van der Waals surface area contributed by atoms with Crippen LogP contribution in [0.4, 0.5) is 5.82 Å². The van der Waals surface area contributed by atoms with Gasteiger partial charge in [0, 0.05) is 38.9 Å². The highest BCUT2D eigenvalue weighted by molar-refractivity contribution is 14.0. The molecule has 0 radical (unpaired) electrons. The minimum Gasteiger partial charge on any atom is -0.357 e. The first-order valence-electron chi connectivity index (χ1n) is 8.24. The van der Waals surface area contributed by atoms with E-state index in [1.165, 1.54) is 0 Å². The number of pyridine rings is 1. The van der Waals surface area contributed by atoms with Crippen molar-refractivity contribution < 1.29 is 4.52 Å². The van der Waals surface area contributed by atoms with Crippen molar-refractivity contribution in [1.82, 2.24) is 25.3 Å². The summed E-state index contributed by atoms with van der Waals surface area (Å²) in [4.78, 5) is 17.8. The van der Waals surface area contributed by atoms with E-state index in [1.807, 2.05) is 24.4 Å². The van der Waals surface area contributed by atoms with E-state index in [9.17, 15) is 0 Å². The van der Waals surface area contributed by atoms with Crippen molar-refractivity contribution in [3.8, 4) is 0 Å². The zero-order valence-electron chi connectivity index (χ0n) is 14.6. The summed E-state index contributed by atoms with van der Waals surface area (Å²) in [7, 11) is 0. The molecule has 0 atom stereocenters. The second-order valence-corrected chi connectivity index (χ2v) is 5.57. The van der Waals surface area contributed by atoms with Gasteiger partial charge < -0.3 is 19.6 Å². The number of piperazine rings is 1.